The maximum absolute atomic E-state index is 12.1. The van der Waals surface area contributed by atoms with Crippen LogP contribution in [0.5, 0.6) is 0 Å². The Labute approximate surface area is 183 Å². The number of rotatable bonds is 7. The Bertz CT molecular complexity index is 1060. The van der Waals surface area contributed by atoms with Gasteiger partial charge in [0.2, 0.25) is 5.91 Å². The van der Waals surface area contributed by atoms with Crippen LogP contribution in [-0.2, 0) is 10.5 Å². The summed E-state index contributed by atoms with van der Waals surface area (Å²) >= 11 is 1.60. The fraction of sp³-hybridized carbons (Fsp3) is 0.280. The fourth-order valence-electron chi connectivity index (χ4n) is 3.65. The van der Waals surface area contributed by atoms with Crippen molar-refractivity contribution >= 4 is 23.9 Å². The van der Waals surface area contributed by atoms with Crippen molar-refractivity contribution in [2.24, 2.45) is 5.10 Å². The third-order valence-corrected chi connectivity index (χ3v) is 6.26. The van der Waals surface area contributed by atoms with E-state index in [2.05, 4.69) is 86.1 Å². The molecular weight excluding hydrogens is 390 g/mol. The van der Waals surface area contributed by atoms with E-state index in [1.807, 2.05) is 12.1 Å². The monoisotopic (exact) mass is 419 g/mol. The van der Waals surface area contributed by atoms with E-state index in [0.717, 1.165) is 22.7 Å². The maximum atomic E-state index is 12.1. The van der Waals surface area contributed by atoms with Gasteiger partial charge in [-0.15, -0.1) is 11.8 Å². The molecule has 5 heteroatoms. The number of hydrazone groups is 1. The van der Waals surface area contributed by atoms with Crippen LogP contribution in [0.2, 0.25) is 0 Å². The van der Waals surface area contributed by atoms with Crippen molar-refractivity contribution < 1.29 is 4.79 Å². The number of carbonyl (C=O) groups is 1. The Morgan fingerprint density at radius 2 is 1.67 bits per heavy atom. The summed E-state index contributed by atoms with van der Waals surface area (Å²) in [6.45, 7) is 10.5. The van der Waals surface area contributed by atoms with Crippen molar-refractivity contribution in [3.63, 3.8) is 0 Å². The van der Waals surface area contributed by atoms with Gasteiger partial charge in [-0.25, -0.2) is 5.43 Å². The summed E-state index contributed by atoms with van der Waals surface area (Å²) in [5.41, 5.74) is 12.1. The second-order valence-electron chi connectivity index (χ2n) is 7.61. The molecule has 2 aromatic carbocycles. The largest absolute Gasteiger partial charge is 0.317 e. The van der Waals surface area contributed by atoms with Crippen LogP contribution in [-0.4, -0.2) is 22.4 Å². The molecule has 1 N–H and O–H groups in total. The molecule has 0 radical (unpaired) electrons. The molecule has 0 unspecified atom stereocenters. The lowest BCUT2D eigenvalue weighted by Crippen LogP contribution is -2.19. The van der Waals surface area contributed by atoms with Gasteiger partial charge in [0.05, 0.1) is 17.7 Å². The normalized spacial score (nSPS) is 11.2. The van der Waals surface area contributed by atoms with Gasteiger partial charge in [0.1, 0.15) is 0 Å². The van der Waals surface area contributed by atoms with Crippen molar-refractivity contribution in [2.45, 2.75) is 40.4 Å². The van der Waals surface area contributed by atoms with E-state index < -0.39 is 0 Å². The van der Waals surface area contributed by atoms with Gasteiger partial charge in [0, 0.05) is 22.7 Å². The molecule has 0 saturated heterocycles. The highest BCUT2D eigenvalue weighted by atomic mass is 32.2. The number of hydrogen-bond acceptors (Lipinski definition) is 3. The van der Waals surface area contributed by atoms with Gasteiger partial charge in [0.15, 0.2) is 0 Å². The molecule has 0 spiro atoms. The van der Waals surface area contributed by atoms with Crippen molar-refractivity contribution in [1.82, 2.24) is 9.99 Å². The number of para-hydroxylation sites is 1. The van der Waals surface area contributed by atoms with E-state index in [1.165, 1.54) is 27.9 Å². The number of benzene rings is 2. The van der Waals surface area contributed by atoms with Crippen LogP contribution < -0.4 is 5.43 Å². The lowest BCUT2D eigenvalue weighted by atomic mass is 10.1. The number of aryl methyl sites for hydroxylation is 4. The summed E-state index contributed by atoms with van der Waals surface area (Å²) in [5, 5.41) is 4.19. The topological polar surface area (TPSA) is 46.4 Å². The third-order valence-electron chi connectivity index (χ3n) is 5.28. The number of hydrogen-bond donors (Lipinski definition) is 1. The molecule has 1 aromatic heterocycles. The first-order valence-electron chi connectivity index (χ1n) is 10.1. The minimum atomic E-state index is -0.0895. The Morgan fingerprint density at radius 1 is 1.00 bits per heavy atom. The van der Waals surface area contributed by atoms with Gasteiger partial charge in [-0.3, -0.25) is 4.79 Å². The summed E-state index contributed by atoms with van der Waals surface area (Å²) in [6, 6.07) is 16.7. The lowest BCUT2D eigenvalue weighted by Gasteiger charge is -2.15. The summed E-state index contributed by atoms with van der Waals surface area (Å²) in [4.78, 5) is 12.1. The van der Waals surface area contributed by atoms with Crippen LogP contribution in [0.4, 0.5) is 0 Å². The van der Waals surface area contributed by atoms with Gasteiger partial charge < -0.3 is 4.57 Å². The molecule has 0 aliphatic carbocycles. The third kappa shape index (κ3) is 5.03. The van der Waals surface area contributed by atoms with Gasteiger partial charge in [0.25, 0.3) is 0 Å². The first-order chi connectivity index (χ1) is 14.4. The molecule has 4 nitrogen and oxygen atoms in total. The SMILES string of the molecule is Cc1ccccc1CSCC(=O)N/N=C\c1cc(C)n(-c2c(C)cccc2C)c1C. The molecule has 3 aromatic rings. The van der Waals surface area contributed by atoms with Crippen molar-refractivity contribution in [3.8, 4) is 5.69 Å². The molecule has 0 atom stereocenters. The van der Waals surface area contributed by atoms with E-state index >= 15 is 0 Å². The number of aromatic nitrogens is 1. The molecule has 0 aliphatic heterocycles. The van der Waals surface area contributed by atoms with Crippen molar-refractivity contribution in [3.05, 3.63) is 87.7 Å². The van der Waals surface area contributed by atoms with Crippen LogP contribution in [0.15, 0.2) is 53.6 Å². The molecule has 0 aliphatic rings. The predicted molar refractivity (Wildman–Crippen MR) is 128 cm³/mol. The number of thioether (sulfide) groups is 1. The molecular formula is C25H29N3OS. The van der Waals surface area contributed by atoms with Crippen molar-refractivity contribution in [1.29, 1.82) is 0 Å². The Hall–Kier alpha value is -2.79. The van der Waals surface area contributed by atoms with Crippen LogP contribution in [0.3, 0.4) is 0 Å². The molecule has 0 saturated carbocycles. The first-order valence-corrected chi connectivity index (χ1v) is 11.2. The van der Waals surface area contributed by atoms with Crippen LogP contribution >= 0.6 is 11.8 Å². The van der Waals surface area contributed by atoms with Crippen LogP contribution in [0.25, 0.3) is 5.69 Å². The van der Waals surface area contributed by atoms with Gasteiger partial charge in [-0.2, -0.15) is 5.10 Å². The van der Waals surface area contributed by atoms with E-state index in [0.29, 0.717) is 5.75 Å². The van der Waals surface area contributed by atoms with Gasteiger partial charge >= 0.3 is 0 Å². The minimum Gasteiger partial charge on any atom is -0.317 e. The predicted octanol–water partition coefficient (Wildman–Crippen LogP) is 5.40. The lowest BCUT2D eigenvalue weighted by molar-refractivity contribution is -0.118. The summed E-state index contributed by atoms with van der Waals surface area (Å²) < 4.78 is 2.26. The van der Waals surface area contributed by atoms with Crippen molar-refractivity contribution in [2.75, 3.05) is 5.75 Å². The zero-order valence-corrected chi connectivity index (χ0v) is 19.1. The molecule has 3 rings (SSSR count). The quantitative estimate of drug-likeness (QED) is 0.411. The molecule has 30 heavy (non-hydrogen) atoms. The van der Waals surface area contributed by atoms with E-state index in [-0.39, 0.29) is 5.91 Å². The number of amides is 1. The summed E-state index contributed by atoms with van der Waals surface area (Å²) in [6.07, 6.45) is 1.73. The average molecular weight is 420 g/mol. The highest BCUT2D eigenvalue weighted by molar-refractivity contribution is 7.99. The van der Waals surface area contributed by atoms with Crippen LogP contribution in [0.1, 0.15) is 39.2 Å². The van der Waals surface area contributed by atoms with E-state index in [1.54, 1.807) is 18.0 Å². The average Bonchev–Trinajstić information content (AvgIpc) is 2.97. The molecule has 1 amide bonds. The molecule has 0 fully saturated rings. The second-order valence-corrected chi connectivity index (χ2v) is 8.60. The molecule has 1 heterocycles. The summed E-state index contributed by atoms with van der Waals surface area (Å²) in [7, 11) is 0. The molecule has 0 bridgehead atoms. The Kier molecular flexibility index (Phi) is 7.16. The molecule has 156 valence electrons. The summed E-state index contributed by atoms with van der Waals surface area (Å²) in [5.74, 6) is 1.11. The van der Waals surface area contributed by atoms with Gasteiger partial charge in [-0.1, -0.05) is 42.5 Å². The zero-order chi connectivity index (χ0) is 21.7. The standard InChI is InChI=1S/C25H29N3OS/c1-17-9-6-7-12-22(17)15-30-16-24(29)27-26-14-23-13-20(4)28(21(23)5)25-18(2)10-8-11-19(25)3/h6-14H,15-16H2,1-5H3,(H,27,29)/b26-14-. The highest BCUT2D eigenvalue weighted by Crippen LogP contribution is 2.25. The smallest absolute Gasteiger partial charge is 0.250 e. The Morgan fingerprint density at radius 3 is 2.37 bits per heavy atom. The van der Waals surface area contributed by atoms with Gasteiger partial charge in [-0.05, 0) is 62.9 Å². The number of carbonyl (C=O) groups excluding carboxylic acids is 1. The zero-order valence-electron chi connectivity index (χ0n) is 18.3. The minimum absolute atomic E-state index is 0.0895. The van der Waals surface area contributed by atoms with E-state index in [9.17, 15) is 4.79 Å². The van der Waals surface area contributed by atoms with E-state index in [4.69, 9.17) is 0 Å². The highest BCUT2D eigenvalue weighted by Gasteiger charge is 2.13. The Balaban J connectivity index is 1.62. The second kappa shape index (κ2) is 9.81. The first kappa shape index (κ1) is 21.9. The fourth-order valence-corrected chi connectivity index (χ4v) is 4.55. The number of nitrogens with zero attached hydrogens (tertiary/aromatic N) is 2. The number of nitrogens with one attached hydrogen (secondary N) is 1. The maximum Gasteiger partial charge on any atom is 0.250 e. The van der Waals surface area contributed by atoms with Crippen LogP contribution in [0, 0.1) is 34.6 Å².